The van der Waals surface area contributed by atoms with Gasteiger partial charge in [0.2, 0.25) is 15.9 Å². The van der Waals surface area contributed by atoms with Crippen molar-refractivity contribution >= 4 is 28.3 Å². The molecular weight excluding hydrogens is 302 g/mol. The summed E-state index contributed by atoms with van der Waals surface area (Å²) in [5.74, 6) is -0.0374. The van der Waals surface area contributed by atoms with Gasteiger partial charge in [-0.2, -0.15) is 4.31 Å². The molecule has 120 valence electrons. The van der Waals surface area contributed by atoms with Gasteiger partial charge in [0.25, 0.3) is 0 Å². The van der Waals surface area contributed by atoms with Crippen molar-refractivity contribution in [3.05, 3.63) is 0 Å². The number of amides is 1. The monoisotopic (exact) mass is 327 g/mol. The van der Waals surface area contributed by atoms with Gasteiger partial charge in [0.1, 0.15) is 6.04 Å². The predicted octanol–water partition coefficient (Wildman–Crippen LogP) is 0.338. The first-order valence-corrected chi connectivity index (χ1v) is 8.55. The summed E-state index contributed by atoms with van der Waals surface area (Å²) in [6, 6.07) is -0.508. The zero-order valence-corrected chi connectivity index (χ0v) is 13.9. The van der Waals surface area contributed by atoms with Crippen molar-refractivity contribution in [3.8, 4) is 0 Å². The van der Waals surface area contributed by atoms with Crippen LogP contribution in [-0.4, -0.2) is 57.1 Å². The fourth-order valence-electron chi connectivity index (χ4n) is 2.30. The second-order valence-corrected chi connectivity index (χ2v) is 6.87. The molecule has 0 aromatic rings. The van der Waals surface area contributed by atoms with E-state index >= 15 is 0 Å². The van der Waals surface area contributed by atoms with E-state index in [1.54, 1.807) is 0 Å². The summed E-state index contributed by atoms with van der Waals surface area (Å²) >= 11 is 0. The molecule has 8 heteroatoms. The van der Waals surface area contributed by atoms with Crippen LogP contribution in [-0.2, 0) is 14.8 Å². The van der Waals surface area contributed by atoms with Crippen LogP contribution in [0.1, 0.15) is 32.6 Å². The lowest BCUT2D eigenvalue weighted by atomic mass is 10.2. The first kappa shape index (κ1) is 19.6. The first-order valence-electron chi connectivity index (χ1n) is 6.94. The average molecular weight is 328 g/mol. The Labute approximate surface area is 128 Å². The maximum absolute atomic E-state index is 12.1. The molecule has 1 rings (SSSR count). The van der Waals surface area contributed by atoms with Gasteiger partial charge in [0, 0.05) is 13.1 Å². The highest BCUT2D eigenvalue weighted by Crippen LogP contribution is 2.21. The highest BCUT2D eigenvalue weighted by atomic mass is 35.5. The number of sulfonamides is 1. The molecule has 1 unspecified atom stereocenters. The van der Waals surface area contributed by atoms with Crippen molar-refractivity contribution in [1.29, 1.82) is 0 Å². The van der Waals surface area contributed by atoms with Crippen molar-refractivity contribution in [2.24, 2.45) is 0 Å². The Kier molecular flexibility index (Phi) is 9.37. The number of nitrogens with zero attached hydrogens (tertiary/aromatic N) is 1. The summed E-state index contributed by atoms with van der Waals surface area (Å²) in [6.45, 7) is 3.72. The third-order valence-corrected chi connectivity index (χ3v) is 5.30. The molecule has 0 bridgehead atoms. The second-order valence-electron chi connectivity index (χ2n) is 4.83. The largest absolute Gasteiger partial charge is 0.355 e. The van der Waals surface area contributed by atoms with Crippen LogP contribution in [0.5, 0.6) is 0 Å². The molecule has 2 N–H and O–H groups in total. The van der Waals surface area contributed by atoms with E-state index in [1.807, 2.05) is 14.0 Å². The van der Waals surface area contributed by atoms with E-state index in [9.17, 15) is 13.2 Å². The molecule has 0 aromatic carbocycles. The van der Waals surface area contributed by atoms with Crippen LogP contribution in [0.2, 0.25) is 0 Å². The molecule has 0 radical (unpaired) electrons. The third-order valence-electron chi connectivity index (χ3n) is 3.23. The van der Waals surface area contributed by atoms with E-state index in [0.717, 1.165) is 19.4 Å². The Morgan fingerprint density at radius 3 is 2.65 bits per heavy atom. The topological polar surface area (TPSA) is 78.5 Å². The summed E-state index contributed by atoms with van der Waals surface area (Å²) in [7, 11) is -1.42. The number of rotatable bonds is 8. The molecule has 1 heterocycles. The van der Waals surface area contributed by atoms with Crippen LogP contribution in [0.15, 0.2) is 0 Å². The van der Waals surface area contributed by atoms with Crippen LogP contribution in [0.4, 0.5) is 0 Å². The maximum Gasteiger partial charge on any atom is 0.238 e. The van der Waals surface area contributed by atoms with Crippen molar-refractivity contribution in [2.75, 3.05) is 32.4 Å². The lowest BCUT2D eigenvalue weighted by Crippen LogP contribution is -2.46. The smallest absolute Gasteiger partial charge is 0.238 e. The molecule has 20 heavy (non-hydrogen) atoms. The van der Waals surface area contributed by atoms with Crippen LogP contribution in [0.25, 0.3) is 0 Å². The highest BCUT2D eigenvalue weighted by molar-refractivity contribution is 7.89. The van der Waals surface area contributed by atoms with E-state index in [4.69, 9.17) is 0 Å². The van der Waals surface area contributed by atoms with Crippen molar-refractivity contribution in [1.82, 2.24) is 14.9 Å². The molecule has 1 saturated heterocycles. The molecule has 0 spiro atoms. The summed E-state index contributed by atoms with van der Waals surface area (Å²) in [4.78, 5) is 12.0. The third kappa shape index (κ3) is 5.55. The number of hydrogen-bond donors (Lipinski definition) is 2. The molecular formula is C12H26ClN3O3S. The Hall–Kier alpha value is -0.370. The van der Waals surface area contributed by atoms with Gasteiger partial charge in [0.05, 0.1) is 5.75 Å². The SMILES string of the molecule is CCCS(=O)(=O)N1CCCC1C(=O)NCCCNC.Cl. The van der Waals surface area contributed by atoms with Gasteiger partial charge in [0.15, 0.2) is 0 Å². The molecule has 1 atom stereocenters. The van der Waals surface area contributed by atoms with Gasteiger partial charge in [-0.05, 0) is 39.3 Å². The van der Waals surface area contributed by atoms with Crippen molar-refractivity contribution < 1.29 is 13.2 Å². The molecule has 0 saturated carbocycles. The van der Waals surface area contributed by atoms with Crippen LogP contribution >= 0.6 is 12.4 Å². The number of halogens is 1. The molecule has 6 nitrogen and oxygen atoms in total. The zero-order chi connectivity index (χ0) is 14.3. The Balaban J connectivity index is 0.00000361. The minimum Gasteiger partial charge on any atom is -0.355 e. The fraction of sp³-hybridized carbons (Fsp3) is 0.917. The molecule has 1 fully saturated rings. The summed E-state index contributed by atoms with van der Waals surface area (Å²) < 4.78 is 25.5. The van der Waals surface area contributed by atoms with E-state index in [-0.39, 0.29) is 24.1 Å². The Morgan fingerprint density at radius 2 is 2.05 bits per heavy atom. The van der Waals surface area contributed by atoms with Crippen LogP contribution in [0.3, 0.4) is 0 Å². The van der Waals surface area contributed by atoms with Gasteiger partial charge >= 0.3 is 0 Å². The Morgan fingerprint density at radius 1 is 1.35 bits per heavy atom. The molecule has 0 aliphatic carbocycles. The number of carbonyl (C=O) groups excluding carboxylic acids is 1. The van der Waals surface area contributed by atoms with E-state index in [2.05, 4.69) is 10.6 Å². The first-order chi connectivity index (χ1) is 9.03. The van der Waals surface area contributed by atoms with E-state index < -0.39 is 16.1 Å². The van der Waals surface area contributed by atoms with Crippen LogP contribution < -0.4 is 10.6 Å². The molecule has 1 aliphatic heterocycles. The lowest BCUT2D eigenvalue weighted by molar-refractivity contribution is -0.124. The zero-order valence-electron chi connectivity index (χ0n) is 12.2. The van der Waals surface area contributed by atoms with Gasteiger partial charge < -0.3 is 10.6 Å². The maximum atomic E-state index is 12.1. The normalized spacial score (nSPS) is 19.6. The number of nitrogens with one attached hydrogen (secondary N) is 2. The van der Waals surface area contributed by atoms with Gasteiger partial charge in [-0.1, -0.05) is 6.92 Å². The second kappa shape index (κ2) is 9.55. The molecule has 1 amide bonds. The van der Waals surface area contributed by atoms with Gasteiger partial charge in [-0.15, -0.1) is 12.4 Å². The minimum atomic E-state index is -3.28. The quantitative estimate of drug-likeness (QED) is 0.630. The number of hydrogen-bond acceptors (Lipinski definition) is 4. The average Bonchev–Trinajstić information content (AvgIpc) is 2.84. The van der Waals surface area contributed by atoms with Crippen LogP contribution in [0, 0.1) is 0 Å². The highest BCUT2D eigenvalue weighted by Gasteiger charge is 2.37. The minimum absolute atomic E-state index is 0. The van der Waals surface area contributed by atoms with E-state index in [0.29, 0.717) is 25.9 Å². The Bertz CT molecular complexity index is 389. The number of carbonyl (C=O) groups is 1. The standard InChI is InChI=1S/C12H25N3O3S.ClH/c1-3-10-19(17,18)15-9-4-6-11(15)12(16)14-8-5-7-13-2;/h11,13H,3-10H2,1-2H3,(H,14,16);1H. The summed E-state index contributed by atoms with van der Waals surface area (Å²) in [5.41, 5.74) is 0. The predicted molar refractivity (Wildman–Crippen MR) is 82.6 cm³/mol. The summed E-state index contributed by atoms with van der Waals surface area (Å²) in [6.07, 6.45) is 2.81. The van der Waals surface area contributed by atoms with Gasteiger partial charge in [-0.3, -0.25) is 4.79 Å². The van der Waals surface area contributed by atoms with Crippen molar-refractivity contribution in [2.45, 2.75) is 38.6 Å². The molecule has 1 aliphatic rings. The summed E-state index contributed by atoms with van der Waals surface area (Å²) in [5, 5.41) is 5.82. The fourth-order valence-corrected chi connectivity index (χ4v) is 4.05. The van der Waals surface area contributed by atoms with Crippen molar-refractivity contribution in [3.63, 3.8) is 0 Å². The molecule has 0 aromatic heterocycles. The van der Waals surface area contributed by atoms with Gasteiger partial charge in [-0.25, -0.2) is 8.42 Å². The lowest BCUT2D eigenvalue weighted by Gasteiger charge is -2.23. The van der Waals surface area contributed by atoms with E-state index in [1.165, 1.54) is 4.31 Å².